The van der Waals surface area contributed by atoms with Crippen molar-refractivity contribution >= 4 is 5.91 Å². The SMILES string of the molecule is Cc1noc(-c2nn(C)c3c2CN(C(=O)c2ccc(OC(F)(F)F)cc2)CC3)n1. The minimum absolute atomic E-state index is 0.266. The number of ether oxygens (including phenoxy) is 1. The van der Waals surface area contributed by atoms with Gasteiger partial charge in [0.15, 0.2) is 11.5 Å². The Morgan fingerprint density at radius 1 is 1.24 bits per heavy atom. The Kier molecular flexibility index (Phi) is 4.52. The van der Waals surface area contributed by atoms with Gasteiger partial charge in [-0.3, -0.25) is 9.48 Å². The summed E-state index contributed by atoms with van der Waals surface area (Å²) in [7, 11) is 1.81. The molecule has 1 aliphatic heterocycles. The Morgan fingerprint density at radius 2 is 1.97 bits per heavy atom. The van der Waals surface area contributed by atoms with Gasteiger partial charge in [-0.05, 0) is 31.2 Å². The third-order valence-corrected chi connectivity index (χ3v) is 4.59. The summed E-state index contributed by atoms with van der Waals surface area (Å²) in [6.07, 6.45) is -4.20. The van der Waals surface area contributed by atoms with Crippen molar-refractivity contribution < 1.29 is 27.2 Å². The molecule has 0 N–H and O–H groups in total. The maximum absolute atomic E-state index is 12.8. The van der Waals surface area contributed by atoms with Crippen LogP contribution in [0.1, 0.15) is 27.4 Å². The second kappa shape index (κ2) is 6.90. The van der Waals surface area contributed by atoms with Gasteiger partial charge >= 0.3 is 6.36 Å². The molecule has 0 radical (unpaired) electrons. The highest BCUT2D eigenvalue weighted by atomic mass is 19.4. The van der Waals surface area contributed by atoms with E-state index < -0.39 is 6.36 Å². The van der Waals surface area contributed by atoms with Crippen LogP contribution in [0.25, 0.3) is 11.6 Å². The van der Waals surface area contributed by atoms with Crippen LogP contribution in [-0.2, 0) is 20.0 Å². The van der Waals surface area contributed by atoms with Crippen molar-refractivity contribution in [2.45, 2.75) is 26.3 Å². The Labute approximate surface area is 162 Å². The van der Waals surface area contributed by atoms with E-state index in [0.717, 1.165) is 23.4 Å². The predicted molar refractivity (Wildman–Crippen MR) is 92.8 cm³/mol. The monoisotopic (exact) mass is 407 g/mol. The van der Waals surface area contributed by atoms with Crippen molar-refractivity contribution in [2.24, 2.45) is 7.05 Å². The van der Waals surface area contributed by atoms with Gasteiger partial charge in [-0.25, -0.2) is 0 Å². The predicted octanol–water partition coefficient (Wildman–Crippen LogP) is 2.88. The fourth-order valence-electron chi connectivity index (χ4n) is 3.31. The van der Waals surface area contributed by atoms with Crippen molar-refractivity contribution in [1.29, 1.82) is 0 Å². The number of halogens is 3. The van der Waals surface area contributed by atoms with Gasteiger partial charge in [-0.15, -0.1) is 13.2 Å². The number of aromatic nitrogens is 4. The number of nitrogens with zero attached hydrogens (tertiary/aromatic N) is 5. The summed E-state index contributed by atoms with van der Waals surface area (Å²) < 4.78 is 47.7. The fourth-order valence-corrected chi connectivity index (χ4v) is 3.31. The average Bonchev–Trinajstić information content (AvgIpc) is 3.23. The van der Waals surface area contributed by atoms with Crippen LogP contribution < -0.4 is 4.74 Å². The highest BCUT2D eigenvalue weighted by molar-refractivity contribution is 5.94. The van der Waals surface area contributed by atoms with Crippen LogP contribution in [0, 0.1) is 6.92 Å². The van der Waals surface area contributed by atoms with Gasteiger partial charge in [0.1, 0.15) is 5.75 Å². The molecular formula is C18H16F3N5O3. The standard InChI is InChI=1S/C18H16F3N5O3/c1-10-22-16(29-24-10)15-13-9-26(8-7-14(13)25(2)23-15)17(27)11-3-5-12(6-4-11)28-18(19,20)21/h3-6H,7-9H2,1-2H3. The molecule has 2 aromatic heterocycles. The summed E-state index contributed by atoms with van der Waals surface area (Å²) in [4.78, 5) is 18.7. The third kappa shape index (κ3) is 3.80. The Balaban J connectivity index is 1.56. The Bertz CT molecular complexity index is 1060. The van der Waals surface area contributed by atoms with Gasteiger partial charge < -0.3 is 14.2 Å². The zero-order valence-electron chi connectivity index (χ0n) is 15.5. The largest absolute Gasteiger partial charge is 0.573 e. The average molecular weight is 407 g/mol. The molecule has 3 heterocycles. The van der Waals surface area contributed by atoms with E-state index in [1.54, 1.807) is 16.5 Å². The molecule has 8 nitrogen and oxygen atoms in total. The quantitative estimate of drug-likeness (QED) is 0.664. The van der Waals surface area contributed by atoms with Gasteiger partial charge in [0, 0.05) is 36.8 Å². The molecular weight excluding hydrogens is 391 g/mol. The lowest BCUT2D eigenvalue weighted by Gasteiger charge is -2.27. The van der Waals surface area contributed by atoms with Gasteiger partial charge in [0.2, 0.25) is 0 Å². The van der Waals surface area contributed by atoms with Crippen LogP contribution in [0.4, 0.5) is 13.2 Å². The smallest absolute Gasteiger partial charge is 0.406 e. The van der Waals surface area contributed by atoms with Crippen molar-refractivity contribution in [2.75, 3.05) is 6.54 Å². The highest BCUT2D eigenvalue weighted by Gasteiger charge is 2.32. The maximum Gasteiger partial charge on any atom is 0.573 e. The van der Waals surface area contributed by atoms with Gasteiger partial charge in [0.25, 0.3) is 11.8 Å². The molecule has 0 saturated heterocycles. The summed E-state index contributed by atoms with van der Waals surface area (Å²) in [6, 6.07) is 4.86. The number of amides is 1. The highest BCUT2D eigenvalue weighted by Crippen LogP contribution is 2.30. The topological polar surface area (TPSA) is 86.3 Å². The number of aryl methyl sites for hydroxylation is 2. The molecule has 1 aliphatic rings. The summed E-state index contributed by atoms with van der Waals surface area (Å²) in [6.45, 7) is 2.43. The fraction of sp³-hybridized carbons (Fsp3) is 0.333. The molecule has 0 aliphatic carbocycles. The molecule has 4 rings (SSSR count). The maximum atomic E-state index is 12.8. The number of carbonyl (C=O) groups is 1. The number of carbonyl (C=O) groups excluding carboxylic acids is 1. The summed E-state index contributed by atoms with van der Waals surface area (Å²) in [5.41, 5.74) is 2.57. The first kappa shape index (κ1) is 19.0. The van der Waals surface area contributed by atoms with Crippen LogP contribution in [0.3, 0.4) is 0 Å². The molecule has 0 atom stereocenters. The lowest BCUT2D eigenvalue weighted by molar-refractivity contribution is -0.274. The normalized spacial score (nSPS) is 14.0. The molecule has 0 spiro atoms. The van der Waals surface area contributed by atoms with Crippen molar-refractivity contribution in [1.82, 2.24) is 24.8 Å². The molecule has 0 unspecified atom stereocenters. The molecule has 3 aromatic rings. The van der Waals surface area contributed by atoms with Crippen LogP contribution >= 0.6 is 0 Å². The van der Waals surface area contributed by atoms with E-state index in [-0.39, 0.29) is 29.7 Å². The van der Waals surface area contributed by atoms with Gasteiger partial charge in [-0.1, -0.05) is 5.16 Å². The Morgan fingerprint density at radius 3 is 2.59 bits per heavy atom. The van der Waals surface area contributed by atoms with Gasteiger partial charge in [0.05, 0.1) is 6.54 Å². The van der Waals surface area contributed by atoms with E-state index in [0.29, 0.717) is 24.5 Å². The number of alkyl halides is 3. The molecule has 0 saturated carbocycles. The molecule has 11 heteroatoms. The van der Waals surface area contributed by atoms with Crippen molar-refractivity contribution in [3.63, 3.8) is 0 Å². The molecule has 0 bridgehead atoms. The first-order valence-corrected chi connectivity index (χ1v) is 8.72. The molecule has 1 aromatic carbocycles. The van der Waals surface area contributed by atoms with Crippen molar-refractivity contribution in [3.8, 4) is 17.3 Å². The number of rotatable bonds is 3. The lowest BCUT2D eigenvalue weighted by atomic mass is 10.0. The number of benzene rings is 1. The van der Waals surface area contributed by atoms with E-state index in [1.165, 1.54) is 12.1 Å². The van der Waals surface area contributed by atoms with Crippen LogP contribution in [0.5, 0.6) is 5.75 Å². The van der Waals surface area contributed by atoms with Crippen LogP contribution in [0.15, 0.2) is 28.8 Å². The molecule has 152 valence electrons. The summed E-state index contributed by atoms with van der Waals surface area (Å²) in [5, 5.41) is 8.23. The first-order chi connectivity index (χ1) is 13.7. The lowest BCUT2D eigenvalue weighted by Crippen LogP contribution is -2.36. The third-order valence-electron chi connectivity index (χ3n) is 4.59. The van der Waals surface area contributed by atoms with E-state index in [1.807, 2.05) is 7.05 Å². The van der Waals surface area contributed by atoms with E-state index >= 15 is 0 Å². The molecule has 29 heavy (non-hydrogen) atoms. The van der Waals surface area contributed by atoms with Crippen LogP contribution in [0.2, 0.25) is 0 Å². The van der Waals surface area contributed by atoms with Gasteiger partial charge in [-0.2, -0.15) is 10.1 Å². The number of fused-ring (bicyclic) bond motifs is 1. The second-order valence-electron chi connectivity index (χ2n) is 6.59. The summed E-state index contributed by atoms with van der Waals surface area (Å²) >= 11 is 0. The summed E-state index contributed by atoms with van der Waals surface area (Å²) in [5.74, 6) is 0.0774. The number of hydrogen-bond acceptors (Lipinski definition) is 6. The molecule has 0 fully saturated rings. The van der Waals surface area contributed by atoms with Crippen LogP contribution in [-0.4, -0.2) is 43.6 Å². The van der Waals surface area contributed by atoms with E-state index in [2.05, 4.69) is 20.0 Å². The minimum atomic E-state index is -4.78. The second-order valence-corrected chi connectivity index (χ2v) is 6.59. The zero-order chi connectivity index (χ0) is 20.8. The van der Waals surface area contributed by atoms with E-state index in [4.69, 9.17) is 4.52 Å². The Hall–Kier alpha value is -3.37. The van der Waals surface area contributed by atoms with Crippen molar-refractivity contribution in [3.05, 3.63) is 46.9 Å². The molecule has 1 amide bonds. The minimum Gasteiger partial charge on any atom is -0.406 e. The first-order valence-electron chi connectivity index (χ1n) is 8.72. The zero-order valence-corrected chi connectivity index (χ0v) is 15.5. The number of hydrogen-bond donors (Lipinski definition) is 0. The van der Waals surface area contributed by atoms with E-state index in [9.17, 15) is 18.0 Å².